The van der Waals surface area contributed by atoms with Crippen LogP contribution in [0.25, 0.3) is 0 Å². The topological polar surface area (TPSA) is 141 Å². The fourth-order valence-corrected chi connectivity index (χ4v) is 2.93. The molecule has 2 N–H and O–H groups in total. The highest BCUT2D eigenvalue weighted by Crippen LogP contribution is 2.30. The lowest BCUT2D eigenvalue weighted by atomic mass is 10.0. The Morgan fingerprint density at radius 2 is 1.78 bits per heavy atom. The van der Waals surface area contributed by atoms with Gasteiger partial charge in [0.05, 0.1) is 18.8 Å². The predicted octanol–water partition coefficient (Wildman–Crippen LogP) is 3.75. The van der Waals surface area contributed by atoms with Crippen LogP contribution >= 0.6 is 0 Å². The van der Waals surface area contributed by atoms with Crippen LogP contribution in [0.3, 0.4) is 0 Å². The van der Waals surface area contributed by atoms with Crippen LogP contribution in [0.5, 0.6) is 17.4 Å². The smallest absolute Gasteiger partial charge is 0.490 e. The molecule has 0 spiro atoms. The maximum atomic E-state index is 13.0. The standard InChI is InChI=1S/C22H25NO7.C2HF3O2/c1-22(2,21(25)26)30-18-11-15(27-3)7-8-17(18)20(24)14-6-9-19(23-12-14)29-13-16-5-4-10-28-16;3-2(4,5)1(6)7/h6-9,11-12,16H,4-5,10,13H2,1-3H3,(H,25,26);(H,6,7). The van der Waals surface area contributed by atoms with E-state index in [1.807, 2.05) is 0 Å². The lowest BCUT2D eigenvalue weighted by Crippen LogP contribution is -2.38. The first-order valence-corrected chi connectivity index (χ1v) is 10.9. The molecule has 1 aliphatic heterocycles. The van der Waals surface area contributed by atoms with E-state index in [2.05, 4.69) is 4.98 Å². The van der Waals surface area contributed by atoms with Crippen molar-refractivity contribution in [2.24, 2.45) is 0 Å². The Kier molecular flexibility index (Phi) is 9.83. The quantitative estimate of drug-likeness (QED) is 0.461. The number of rotatable bonds is 9. The van der Waals surface area contributed by atoms with Crippen LogP contribution in [-0.2, 0) is 14.3 Å². The second-order valence-corrected chi connectivity index (χ2v) is 8.24. The highest BCUT2D eigenvalue weighted by atomic mass is 19.4. The number of hydrogen-bond donors (Lipinski definition) is 2. The third-order valence-corrected chi connectivity index (χ3v) is 5.00. The second kappa shape index (κ2) is 12.4. The number of halogens is 3. The van der Waals surface area contributed by atoms with Crippen LogP contribution in [0.2, 0.25) is 0 Å². The number of methoxy groups -OCH3 is 1. The molecule has 1 fully saturated rings. The zero-order valence-electron chi connectivity index (χ0n) is 20.2. The molecule has 1 aliphatic rings. The number of aliphatic carboxylic acids is 2. The summed E-state index contributed by atoms with van der Waals surface area (Å²) in [7, 11) is 1.47. The van der Waals surface area contributed by atoms with E-state index < -0.39 is 23.7 Å². The Balaban J connectivity index is 0.000000604. The van der Waals surface area contributed by atoms with Gasteiger partial charge in [0.15, 0.2) is 11.4 Å². The summed E-state index contributed by atoms with van der Waals surface area (Å²) in [6, 6.07) is 7.87. The van der Waals surface area contributed by atoms with Crippen molar-refractivity contribution < 1.29 is 56.7 Å². The summed E-state index contributed by atoms with van der Waals surface area (Å²) < 4.78 is 53.7. The Morgan fingerprint density at radius 1 is 1.11 bits per heavy atom. The molecule has 13 heteroatoms. The van der Waals surface area contributed by atoms with E-state index in [1.54, 1.807) is 18.2 Å². The summed E-state index contributed by atoms with van der Waals surface area (Å²) in [5.41, 5.74) is -0.998. The first-order valence-electron chi connectivity index (χ1n) is 10.9. The summed E-state index contributed by atoms with van der Waals surface area (Å²) in [4.78, 5) is 37.6. The van der Waals surface area contributed by atoms with Crippen molar-refractivity contribution in [1.82, 2.24) is 4.98 Å². The van der Waals surface area contributed by atoms with Crippen LogP contribution in [0.4, 0.5) is 13.2 Å². The Hall–Kier alpha value is -3.87. The molecule has 2 aromatic rings. The van der Waals surface area contributed by atoms with E-state index in [1.165, 1.54) is 39.3 Å². The number of ether oxygens (including phenoxy) is 4. The molecule has 202 valence electrons. The van der Waals surface area contributed by atoms with E-state index in [4.69, 9.17) is 28.8 Å². The van der Waals surface area contributed by atoms with Crippen LogP contribution in [0.1, 0.15) is 42.6 Å². The average Bonchev–Trinajstić information content (AvgIpc) is 3.36. The van der Waals surface area contributed by atoms with Gasteiger partial charge in [-0.3, -0.25) is 4.79 Å². The molecule has 0 saturated carbocycles. The number of alkyl halides is 3. The predicted molar refractivity (Wildman–Crippen MR) is 121 cm³/mol. The monoisotopic (exact) mass is 529 g/mol. The zero-order valence-corrected chi connectivity index (χ0v) is 20.2. The molecule has 10 nitrogen and oxygen atoms in total. The van der Waals surface area contributed by atoms with E-state index >= 15 is 0 Å². The van der Waals surface area contributed by atoms with Crippen LogP contribution < -0.4 is 14.2 Å². The molecular weight excluding hydrogens is 503 g/mol. The van der Waals surface area contributed by atoms with Gasteiger partial charge in [-0.2, -0.15) is 13.2 Å². The normalized spacial score (nSPS) is 15.2. The van der Waals surface area contributed by atoms with Gasteiger partial charge in [0.1, 0.15) is 18.1 Å². The molecule has 1 unspecified atom stereocenters. The van der Waals surface area contributed by atoms with Gasteiger partial charge in [-0.05, 0) is 44.9 Å². The van der Waals surface area contributed by atoms with E-state index in [-0.39, 0.29) is 23.2 Å². The lowest BCUT2D eigenvalue weighted by Gasteiger charge is -2.23. The molecule has 0 radical (unpaired) electrons. The fourth-order valence-electron chi connectivity index (χ4n) is 2.93. The molecule has 1 aromatic heterocycles. The number of hydrogen-bond acceptors (Lipinski definition) is 8. The summed E-state index contributed by atoms with van der Waals surface area (Å²) >= 11 is 0. The molecule has 0 amide bonds. The molecule has 1 atom stereocenters. The average molecular weight is 529 g/mol. The van der Waals surface area contributed by atoms with Crippen molar-refractivity contribution in [1.29, 1.82) is 0 Å². The molecule has 2 heterocycles. The third-order valence-electron chi connectivity index (χ3n) is 5.00. The van der Waals surface area contributed by atoms with Crippen LogP contribution in [-0.4, -0.2) is 71.1 Å². The van der Waals surface area contributed by atoms with E-state index in [0.29, 0.717) is 23.8 Å². The van der Waals surface area contributed by atoms with E-state index in [9.17, 15) is 27.9 Å². The zero-order chi connectivity index (χ0) is 27.8. The molecular formula is C24H26F3NO9. The van der Waals surface area contributed by atoms with Crippen molar-refractivity contribution in [2.75, 3.05) is 20.3 Å². The highest BCUT2D eigenvalue weighted by Gasteiger charge is 2.38. The van der Waals surface area contributed by atoms with Gasteiger partial charge in [0.25, 0.3) is 0 Å². The summed E-state index contributed by atoms with van der Waals surface area (Å²) in [5, 5.41) is 16.5. The maximum Gasteiger partial charge on any atom is 0.490 e. The number of benzene rings is 1. The first-order chi connectivity index (χ1) is 17.2. The van der Waals surface area contributed by atoms with Crippen LogP contribution in [0.15, 0.2) is 36.5 Å². The molecule has 1 saturated heterocycles. The number of carboxylic acid groups (broad SMARTS) is 2. The van der Waals surface area contributed by atoms with Crippen molar-refractivity contribution in [2.45, 2.75) is 44.6 Å². The van der Waals surface area contributed by atoms with Crippen molar-refractivity contribution in [3.63, 3.8) is 0 Å². The highest BCUT2D eigenvalue weighted by molar-refractivity contribution is 6.10. The number of ketones is 1. The number of nitrogens with zero attached hydrogens (tertiary/aromatic N) is 1. The fraction of sp³-hybridized carbons (Fsp3) is 0.417. The van der Waals surface area contributed by atoms with Crippen LogP contribution in [0, 0.1) is 0 Å². The summed E-state index contributed by atoms with van der Waals surface area (Å²) in [6.07, 6.45) is -1.60. The van der Waals surface area contributed by atoms with Gasteiger partial charge >= 0.3 is 18.1 Å². The Morgan fingerprint density at radius 3 is 2.27 bits per heavy atom. The molecule has 3 rings (SSSR count). The van der Waals surface area contributed by atoms with Gasteiger partial charge in [0.2, 0.25) is 5.88 Å². The molecule has 0 aliphatic carbocycles. The largest absolute Gasteiger partial charge is 0.497 e. The summed E-state index contributed by atoms with van der Waals surface area (Å²) in [5.74, 6) is -3.30. The number of carbonyl (C=O) groups is 3. The minimum absolute atomic E-state index is 0.0738. The summed E-state index contributed by atoms with van der Waals surface area (Å²) in [6.45, 7) is 3.98. The van der Waals surface area contributed by atoms with Gasteiger partial charge < -0.3 is 29.2 Å². The number of pyridine rings is 1. The number of carboxylic acids is 2. The van der Waals surface area contributed by atoms with Gasteiger partial charge in [-0.1, -0.05) is 0 Å². The van der Waals surface area contributed by atoms with Gasteiger partial charge in [-0.25, -0.2) is 14.6 Å². The van der Waals surface area contributed by atoms with Gasteiger partial charge in [-0.15, -0.1) is 0 Å². The van der Waals surface area contributed by atoms with Crippen molar-refractivity contribution in [3.8, 4) is 17.4 Å². The lowest BCUT2D eigenvalue weighted by molar-refractivity contribution is -0.192. The van der Waals surface area contributed by atoms with E-state index in [0.717, 1.165) is 19.4 Å². The molecule has 1 aromatic carbocycles. The number of aromatic nitrogens is 1. The second-order valence-electron chi connectivity index (χ2n) is 8.24. The van der Waals surface area contributed by atoms with Crippen molar-refractivity contribution >= 4 is 17.7 Å². The minimum Gasteiger partial charge on any atom is -0.497 e. The van der Waals surface area contributed by atoms with Gasteiger partial charge in [0, 0.05) is 30.5 Å². The Bertz CT molecular complexity index is 1100. The molecule has 37 heavy (non-hydrogen) atoms. The SMILES string of the molecule is COc1ccc(C(=O)c2ccc(OCC3CCCO3)nc2)c(OC(C)(C)C(=O)O)c1.O=C(O)C(F)(F)F. The maximum absolute atomic E-state index is 13.0. The minimum atomic E-state index is -5.08. The van der Waals surface area contributed by atoms with Crippen molar-refractivity contribution in [3.05, 3.63) is 47.7 Å². The number of carbonyl (C=O) groups excluding carboxylic acids is 1. The Labute approximate surface area is 209 Å². The molecule has 0 bridgehead atoms. The third kappa shape index (κ3) is 8.63. The first kappa shape index (κ1) is 29.4.